The van der Waals surface area contributed by atoms with E-state index in [4.69, 9.17) is 14.2 Å². The highest BCUT2D eigenvalue weighted by atomic mass is 32.2. The molecule has 0 bridgehead atoms. The van der Waals surface area contributed by atoms with Crippen molar-refractivity contribution in [1.29, 1.82) is 0 Å². The summed E-state index contributed by atoms with van der Waals surface area (Å²) in [5.74, 6) is -1.00. The van der Waals surface area contributed by atoms with E-state index in [-0.39, 0.29) is 24.7 Å². The summed E-state index contributed by atoms with van der Waals surface area (Å²) >= 11 is 0. The van der Waals surface area contributed by atoms with Gasteiger partial charge in [0.05, 0.1) is 17.4 Å². The van der Waals surface area contributed by atoms with Crippen molar-refractivity contribution in [2.45, 2.75) is 19.4 Å². The topological polar surface area (TPSA) is 108 Å². The SMILES string of the molecule is C[C@@H](OC(=O)[C@@H]1CCS(=O)(=O)C1)C(=O)Nc1ccc2c(c1)OCO2. The molecule has 0 aromatic heterocycles. The van der Waals surface area contributed by atoms with Crippen LogP contribution in [0.1, 0.15) is 13.3 Å². The number of esters is 1. The second kappa shape index (κ2) is 6.31. The molecule has 2 atom stereocenters. The summed E-state index contributed by atoms with van der Waals surface area (Å²) in [5, 5.41) is 2.61. The number of anilines is 1. The summed E-state index contributed by atoms with van der Waals surface area (Å²) in [6.07, 6.45) is -0.802. The summed E-state index contributed by atoms with van der Waals surface area (Å²) in [6, 6.07) is 4.92. The molecule has 24 heavy (non-hydrogen) atoms. The first-order valence-corrected chi connectivity index (χ1v) is 9.27. The van der Waals surface area contributed by atoms with Crippen LogP contribution in [0.3, 0.4) is 0 Å². The summed E-state index contributed by atoms with van der Waals surface area (Å²) in [6.45, 7) is 1.56. The number of ether oxygens (including phenoxy) is 3. The number of benzene rings is 1. The minimum absolute atomic E-state index is 0.0233. The van der Waals surface area contributed by atoms with Gasteiger partial charge in [-0.25, -0.2) is 8.42 Å². The number of hydrogen-bond acceptors (Lipinski definition) is 7. The lowest BCUT2D eigenvalue weighted by molar-refractivity contribution is -0.156. The third-order valence-electron chi connectivity index (χ3n) is 3.87. The van der Waals surface area contributed by atoms with E-state index >= 15 is 0 Å². The van der Waals surface area contributed by atoms with Crippen molar-refractivity contribution < 1.29 is 32.2 Å². The summed E-state index contributed by atoms with van der Waals surface area (Å²) in [5.41, 5.74) is 0.482. The molecule has 0 saturated carbocycles. The number of carbonyl (C=O) groups excluding carboxylic acids is 2. The molecular formula is C15H17NO7S. The molecule has 0 unspecified atom stereocenters. The molecule has 2 aliphatic heterocycles. The first kappa shape index (κ1) is 16.6. The molecule has 0 spiro atoms. The van der Waals surface area contributed by atoms with Gasteiger partial charge in [-0.2, -0.15) is 0 Å². The van der Waals surface area contributed by atoms with Crippen LogP contribution in [0.5, 0.6) is 11.5 Å². The van der Waals surface area contributed by atoms with Gasteiger partial charge in [0.15, 0.2) is 27.4 Å². The normalized spacial score (nSPS) is 22.0. The van der Waals surface area contributed by atoms with Crippen LogP contribution in [0.25, 0.3) is 0 Å². The van der Waals surface area contributed by atoms with E-state index in [0.717, 1.165) is 0 Å². The number of hydrogen-bond donors (Lipinski definition) is 1. The first-order chi connectivity index (χ1) is 11.3. The molecule has 0 aliphatic carbocycles. The number of rotatable bonds is 4. The van der Waals surface area contributed by atoms with E-state index in [2.05, 4.69) is 5.32 Å². The Morgan fingerprint density at radius 1 is 1.29 bits per heavy atom. The Hall–Kier alpha value is -2.29. The van der Waals surface area contributed by atoms with Gasteiger partial charge in [0.1, 0.15) is 0 Å². The first-order valence-electron chi connectivity index (χ1n) is 7.45. The lowest BCUT2D eigenvalue weighted by Gasteiger charge is -2.15. The van der Waals surface area contributed by atoms with Crippen molar-refractivity contribution in [2.24, 2.45) is 5.92 Å². The molecular weight excluding hydrogens is 338 g/mol. The minimum atomic E-state index is -3.18. The Labute approximate surface area is 139 Å². The highest BCUT2D eigenvalue weighted by Gasteiger charge is 2.35. The minimum Gasteiger partial charge on any atom is -0.454 e. The molecule has 1 aromatic rings. The summed E-state index contributed by atoms with van der Waals surface area (Å²) in [4.78, 5) is 24.1. The zero-order valence-electron chi connectivity index (χ0n) is 13.0. The average Bonchev–Trinajstić information content (AvgIpc) is 3.12. The molecule has 2 aliphatic rings. The van der Waals surface area contributed by atoms with Crippen molar-refractivity contribution in [3.8, 4) is 11.5 Å². The maximum Gasteiger partial charge on any atom is 0.310 e. The number of fused-ring (bicyclic) bond motifs is 1. The maximum absolute atomic E-state index is 12.1. The highest BCUT2D eigenvalue weighted by molar-refractivity contribution is 7.91. The van der Waals surface area contributed by atoms with E-state index in [1.54, 1.807) is 18.2 Å². The third kappa shape index (κ3) is 3.61. The Bertz CT molecular complexity index is 774. The number of carbonyl (C=O) groups is 2. The van der Waals surface area contributed by atoms with Crippen LogP contribution in [0.2, 0.25) is 0 Å². The molecule has 8 nitrogen and oxygen atoms in total. The molecule has 2 heterocycles. The molecule has 1 N–H and O–H groups in total. The largest absolute Gasteiger partial charge is 0.454 e. The molecule has 1 saturated heterocycles. The van der Waals surface area contributed by atoms with Gasteiger partial charge in [-0.05, 0) is 25.5 Å². The highest BCUT2D eigenvalue weighted by Crippen LogP contribution is 2.34. The van der Waals surface area contributed by atoms with Gasteiger partial charge in [-0.1, -0.05) is 0 Å². The maximum atomic E-state index is 12.1. The van der Waals surface area contributed by atoms with Crippen LogP contribution in [0.15, 0.2) is 18.2 Å². The van der Waals surface area contributed by atoms with Crippen molar-refractivity contribution in [3.63, 3.8) is 0 Å². The zero-order valence-corrected chi connectivity index (χ0v) is 13.8. The van der Waals surface area contributed by atoms with Crippen LogP contribution in [-0.4, -0.2) is 44.7 Å². The van der Waals surface area contributed by atoms with E-state index in [1.807, 2.05) is 0 Å². The van der Waals surface area contributed by atoms with Crippen LogP contribution >= 0.6 is 0 Å². The predicted molar refractivity (Wildman–Crippen MR) is 83.5 cm³/mol. The van der Waals surface area contributed by atoms with Crippen molar-refractivity contribution in [1.82, 2.24) is 0 Å². The van der Waals surface area contributed by atoms with Gasteiger partial charge in [-0.3, -0.25) is 9.59 Å². The smallest absolute Gasteiger partial charge is 0.310 e. The number of amides is 1. The zero-order chi connectivity index (χ0) is 17.3. The predicted octanol–water partition coefficient (Wildman–Crippen LogP) is 0.720. The van der Waals surface area contributed by atoms with Gasteiger partial charge in [-0.15, -0.1) is 0 Å². The van der Waals surface area contributed by atoms with Crippen LogP contribution in [0.4, 0.5) is 5.69 Å². The molecule has 3 rings (SSSR count). The van der Waals surface area contributed by atoms with Crippen molar-refractivity contribution in [3.05, 3.63) is 18.2 Å². The monoisotopic (exact) mass is 355 g/mol. The molecule has 1 amide bonds. The number of nitrogens with one attached hydrogen (secondary N) is 1. The van der Waals surface area contributed by atoms with Gasteiger partial charge in [0.2, 0.25) is 6.79 Å². The van der Waals surface area contributed by atoms with E-state index in [9.17, 15) is 18.0 Å². The van der Waals surface area contributed by atoms with Crippen molar-refractivity contribution >= 4 is 27.4 Å². The van der Waals surface area contributed by atoms with E-state index in [0.29, 0.717) is 17.2 Å². The van der Waals surface area contributed by atoms with E-state index in [1.165, 1.54) is 6.92 Å². The third-order valence-corrected chi connectivity index (χ3v) is 5.64. The summed E-state index contributed by atoms with van der Waals surface area (Å²) in [7, 11) is -3.18. The fraction of sp³-hybridized carbons (Fsp3) is 0.467. The fourth-order valence-corrected chi connectivity index (χ4v) is 4.25. The average molecular weight is 355 g/mol. The Morgan fingerprint density at radius 2 is 2.04 bits per heavy atom. The molecule has 130 valence electrons. The lowest BCUT2D eigenvalue weighted by Crippen LogP contribution is -2.32. The van der Waals surface area contributed by atoms with Crippen LogP contribution in [-0.2, 0) is 24.2 Å². The Morgan fingerprint density at radius 3 is 2.75 bits per heavy atom. The van der Waals surface area contributed by atoms with Gasteiger partial charge in [0, 0.05) is 11.8 Å². The molecule has 0 radical (unpaired) electrons. The van der Waals surface area contributed by atoms with Gasteiger partial charge < -0.3 is 19.5 Å². The second-order valence-corrected chi connectivity index (χ2v) is 7.97. The molecule has 1 aromatic carbocycles. The van der Waals surface area contributed by atoms with Crippen LogP contribution < -0.4 is 14.8 Å². The Balaban J connectivity index is 1.56. The second-order valence-electron chi connectivity index (χ2n) is 5.74. The molecule has 9 heteroatoms. The quantitative estimate of drug-likeness (QED) is 0.793. The van der Waals surface area contributed by atoms with Crippen molar-refractivity contribution in [2.75, 3.05) is 23.6 Å². The van der Waals surface area contributed by atoms with E-state index < -0.39 is 33.7 Å². The molecule has 1 fully saturated rings. The van der Waals surface area contributed by atoms with Gasteiger partial charge >= 0.3 is 5.97 Å². The summed E-state index contributed by atoms with van der Waals surface area (Å²) < 4.78 is 38.3. The fourth-order valence-electron chi connectivity index (χ4n) is 2.52. The number of sulfone groups is 1. The lowest BCUT2D eigenvalue weighted by atomic mass is 10.1. The Kier molecular flexibility index (Phi) is 4.35. The standard InChI is InChI=1S/C15H17NO7S/c1-9(23-15(18)10-4-5-24(19,20)7-10)14(17)16-11-2-3-12-13(6-11)22-8-21-12/h2-3,6,9-10H,4-5,7-8H2,1H3,(H,16,17)/t9-,10-/m1/s1. The van der Waals surface area contributed by atoms with Gasteiger partial charge in [0.25, 0.3) is 5.91 Å². The van der Waals surface area contributed by atoms with Crippen LogP contribution in [0, 0.1) is 5.92 Å².